The zero-order valence-electron chi connectivity index (χ0n) is 7.58. The molecule has 0 N–H and O–H groups in total. The van der Waals surface area contributed by atoms with Crippen LogP contribution in [-0.2, 0) is 6.54 Å². The van der Waals surface area contributed by atoms with E-state index in [0.717, 1.165) is 11.3 Å². The Labute approximate surface area is 84.2 Å². The second-order valence-electron chi connectivity index (χ2n) is 3.67. The molecule has 0 spiro atoms. The second kappa shape index (κ2) is 3.46. The van der Waals surface area contributed by atoms with Crippen molar-refractivity contribution < 1.29 is 8.78 Å². The van der Waals surface area contributed by atoms with Crippen molar-refractivity contribution >= 4 is 11.3 Å². The molecule has 0 bridgehead atoms. The number of alkyl halides is 2. The molecule has 1 aromatic heterocycles. The Hall–Kier alpha value is -0.710. The fourth-order valence-corrected chi connectivity index (χ4v) is 2.48. The van der Waals surface area contributed by atoms with Gasteiger partial charge in [-0.3, -0.25) is 4.79 Å². The first kappa shape index (κ1) is 9.83. The molecule has 1 fully saturated rings. The zero-order chi connectivity index (χ0) is 10.2. The smallest absolute Gasteiger partial charge is 0.305 e. The van der Waals surface area contributed by atoms with Gasteiger partial charge >= 0.3 is 4.87 Å². The molecule has 0 radical (unpaired) electrons. The highest BCUT2D eigenvalue weighted by atomic mass is 32.1. The van der Waals surface area contributed by atoms with Crippen LogP contribution < -0.4 is 4.87 Å². The predicted octanol–water partition coefficient (Wildman–Crippen LogP) is 2.35. The number of aromatic nitrogens is 1. The van der Waals surface area contributed by atoms with Gasteiger partial charge in [0.05, 0.1) is 0 Å². The highest BCUT2D eigenvalue weighted by Crippen LogP contribution is 2.40. The van der Waals surface area contributed by atoms with E-state index in [9.17, 15) is 13.6 Å². The molecule has 0 amide bonds. The minimum absolute atomic E-state index is 0.0312. The normalized spacial score (nSPS) is 25.4. The summed E-state index contributed by atoms with van der Waals surface area (Å²) in [7, 11) is 0. The minimum atomic E-state index is -2.58. The fraction of sp³-hybridized carbons (Fsp3) is 0.667. The van der Waals surface area contributed by atoms with Gasteiger partial charge in [0.25, 0.3) is 5.92 Å². The predicted molar refractivity (Wildman–Crippen MR) is 50.9 cm³/mol. The van der Waals surface area contributed by atoms with Gasteiger partial charge in [-0.25, -0.2) is 8.78 Å². The third-order valence-corrected chi connectivity index (χ3v) is 3.42. The lowest BCUT2D eigenvalue weighted by atomic mass is 10.1. The van der Waals surface area contributed by atoms with Gasteiger partial charge in [0.15, 0.2) is 0 Å². The first-order valence-electron chi connectivity index (χ1n) is 4.61. The summed E-state index contributed by atoms with van der Waals surface area (Å²) in [5, 5.41) is 1.63. The van der Waals surface area contributed by atoms with E-state index in [1.54, 1.807) is 11.6 Å². The molecule has 1 heterocycles. The van der Waals surface area contributed by atoms with Crippen molar-refractivity contribution in [2.24, 2.45) is 5.92 Å². The van der Waals surface area contributed by atoms with Gasteiger partial charge in [-0.05, 0) is 12.8 Å². The maximum absolute atomic E-state index is 13.2. The van der Waals surface area contributed by atoms with Crippen molar-refractivity contribution in [3.05, 3.63) is 21.2 Å². The molecule has 0 aliphatic heterocycles. The number of rotatable bonds is 2. The van der Waals surface area contributed by atoms with Crippen LogP contribution in [-0.4, -0.2) is 10.5 Å². The van der Waals surface area contributed by atoms with Crippen LogP contribution in [0.15, 0.2) is 16.4 Å². The summed E-state index contributed by atoms with van der Waals surface area (Å²) >= 11 is 1.05. The van der Waals surface area contributed by atoms with Crippen LogP contribution in [0.25, 0.3) is 0 Å². The SMILES string of the molecule is O=c1sccn1CC1CCCC1(F)F. The van der Waals surface area contributed by atoms with E-state index in [1.807, 2.05) is 0 Å². The topological polar surface area (TPSA) is 22.0 Å². The summed E-state index contributed by atoms with van der Waals surface area (Å²) in [6, 6.07) is 0. The van der Waals surface area contributed by atoms with E-state index in [4.69, 9.17) is 0 Å². The quantitative estimate of drug-likeness (QED) is 0.748. The second-order valence-corrected chi connectivity index (χ2v) is 4.53. The molecule has 1 atom stereocenters. The summed E-state index contributed by atoms with van der Waals surface area (Å²) in [5.41, 5.74) is 0. The molecule has 1 aliphatic rings. The van der Waals surface area contributed by atoms with Crippen molar-refractivity contribution in [3.8, 4) is 0 Å². The lowest BCUT2D eigenvalue weighted by Crippen LogP contribution is -2.28. The first-order chi connectivity index (χ1) is 6.59. The Kier molecular flexibility index (Phi) is 2.43. The minimum Gasteiger partial charge on any atom is -0.305 e. The van der Waals surface area contributed by atoms with E-state index in [0.29, 0.717) is 12.8 Å². The zero-order valence-corrected chi connectivity index (χ0v) is 8.40. The molecule has 14 heavy (non-hydrogen) atoms. The molecule has 1 aliphatic carbocycles. The Morgan fingerprint density at radius 3 is 2.93 bits per heavy atom. The summed E-state index contributed by atoms with van der Waals surface area (Å²) in [6.45, 7) is 0.162. The van der Waals surface area contributed by atoms with Gasteiger partial charge in [0.2, 0.25) is 0 Å². The van der Waals surface area contributed by atoms with E-state index < -0.39 is 11.8 Å². The third-order valence-electron chi connectivity index (χ3n) is 2.72. The molecule has 0 saturated heterocycles. The standard InChI is InChI=1S/C9H11F2NOS/c10-9(11)3-1-2-7(9)6-12-4-5-14-8(12)13/h4-5,7H,1-3,6H2. The summed E-state index contributed by atoms with van der Waals surface area (Å²) in [5.74, 6) is -3.24. The molecule has 2 rings (SSSR count). The molecule has 0 aromatic carbocycles. The van der Waals surface area contributed by atoms with Gasteiger partial charge in [-0.15, -0.1) is 0 Å². The Morgan fingerprint density at radius 1 is 1.64 bits per heavy atom. The van der Waals surface area contributed by atoms with Gasteiger partial charge in [-0.2, -0.15) is 0 Å². The molecule has 78 valence electrons. The van der Waals surface area contributed by atoms with Gasteiger partial charge in [0.1, 0.15) is 0 Å². The molecule has 1 saturated carbocycles. The van der Waals surface area contributed by atoms with Gasteiger partial charge in [0, 0.05) is 30.5 Å². The van der Waals surface area contributed by atoms with Crippen LogP contribution >= 0.6 is 11.3 Å². The maximum Gasteiger partial charge on any atom is 0.307 e. The fourth-order valence-electron chi connectivity index (χ4n) is 1.89. The Bertz CT molecular complexity index is 371. The van der Waals surface area contributed by atoms with Crippen molar-refractivity contribution in [2.75, 3.05) is 0 Å². The van der Waals surface area contributed by atoms with Crippen LogP contribution in [0.2, 0.25) is 0 Å². The molecule has 5 heteroatoms. The average Bonchev–Trinajstić information content (AvgIpc) is 2.62. The third kappa shape index (κ3) is 1.73. The van der Waals surface area contributed by atoms with Crippen LogP contribution in [0, 0.1) is 5.92 Å². The molecule has 2 nitrogen and oxygen atoms in total. The van der Waals surface area contributed by atoms with E-state index >= 15 is 0 Å². The van der Waals surface area contributed by atoms with Crippen LogP contribution in [0.3, 0.4) is 0 Å². The lowest BCUT2D eigenvalue weighted by molar-refractivity contribution is -0.0423. The Balaban J connectivity index is 2.12. The van der Waals surface area contributed by atoms with Gasteiger partial charge in [-0.1, -0.05) is 11.3 Å². The van der Waals surface area contributed by atoms with Crippen molar-refractivity contribution in [1.82, 2.24) is 4.57 Å². The van der Waals surface area contributed by atoms with E-state index in [-0.39, 0.29) is 17.8 Å². The number of thiazole rings is 1. The first-order valence-corrected chi connectivity index (χ1v) is 5.49. The molecular weight excluding hydrogens is 208 g/mol. The highest BCUT2D eigenvalue weighted by Gasteiger charge is 2.43. The number of hydrogen-bond donors (Lipinski definition) is 0. The average molecular weight is 219 g/mol. The maximum atomic E-state index is 13.2. The molecule has 1 aromatic rings. The number of halogens is 2. The van der Waals surface area contributed by atoms with E-state index in [1.165, 1.54) is 4.57 Å². The monoisotopic (exact) mass is 219 g/mol. The number of nitrogens with zero attached hydrogens (tertiary/aromatic N) is 1. The van der Waals surface area contributed by atoms with Crippen molar-refractivity contribution in [1.29, 1.82) is 0 Å². The lowest BCUT2D eigenvalue weighted by Gasteiger charge is -2.18. The Morgan fingerprint density at radius 2 is 2.43 bits per heavy atom. The van der Waals surface area contributed by atoms with Crippen molar-refractivity contribution in [3.63, 3.8) is 0 Å². The van der Waals surface area contributed by atoms with Crippen LogP contribution in [0.1, 0.15) is 19.3 Å². The summed E-state index contributed by atoms with van der Waals surface area (Å²) in [6.07, 6.45) is 2.64. The largest absolute Gasteiger partial charge is 0.307 e. The van der Waals surface area contributed by atoms with Crippen LogP contribution in [0.4, 0.5) is 8.78 Å². The van der Waals surface area contributed by atoms with Crippen molar-refractivity contribution in [2.45, 2.75) is 31.7 Å². The van der Waals surface area contributed by atoms with Crippen LogP contribution in [0.5, 0.6) is 0 Å². The number of hydrogen-bond acceptors (Lipinski definition) is 2. The molecular formula is C9H11F2NOS. The molecule has 1 unspecified atom stereocenters. The van der Waals surface area contributed by atoms with E-state index in [2.05, 4.69) is 0 Å². The highest BCUT2D eigenvalue weighted by molar-refractivity contribution is 7.07. The summed E-state index contributed by atoms with van der Waals surface area (Å²) in [4.78, 5) is 11.0. The summed E-state index contributed by atoms with van der Waals surface area (Å²) < 4.78 is 27.8. The van der Waals surface area contributed by atoms with Gasteiger partial charge < -0.3 is 4.57 Å².